The van der Waals surface area contributed by atoms with E-state index in [1.165, 1.54) is 14.2 Å². The number of rotatable bonds is 5. The predicted molar refractivity (Wildman–Crippen MR) is 131 cm³/mol. The number of anilines is 3. The van der Waals surface area contributed by atoms with Crippen LogP contribution in [-0.4, -0.2) is 56.4 Å². The van der Waals surface area contributed by atoms with Gasteiger partial charge in [0.1, 0.15) is 27.4 Å². The predicted octanol–water partition coefficient (Wildman–Crippen LogP) is 3.96. The number of methoxy groups -OCH3 is 2. The SMILES string of the molecule is CNc1ncc2c(n1)N(C1CC3(CNC3)C1)C(=O)N(c1c(Cl)c(OC)cc(OC)c1Cl)C2.Cl. The van der Waals surface area contributed by atoms with E-state index in [1.807, 2.05) is 0 Å². The van der Waals surface area contributed by atoms with Gasteiger partial charge in [0.05, 0.1) is 26.5 Å². The van der Waals surface area contributed by atoms with Crippen molar-refractivity contribution in [2.75, 3.05) is 49.5 Å². The molecule has 3 heterocycles. The zero-order valence-electron chi connectivity index (χ0n) is 18.4. The number of aromatic nitrogens is 2. The van der Waals surface area contributed by atoms with Gasteiger partial charge in [0.25, 0.3) is 0 Å². The van der Waals surface area contributed by atoms with Gasteiger partial charge in [-0.05, 0) is 18.3 Å². The minimum Gasteiger partial charge on any atom is -0.495 e. The smallest absolute Gasteiger partial charge is 0.330 e. The molecule has 9 nitrogen and oxygen atoms in total. The number of ether oxygens (including phenoxy) is 2. The number of benzene rings is 1. The summed E-state index contributed by atoms with van der Waals surface area (Å²) in [5.74, 6) is 1.84. The fraction of sp³-hybridized carbons (Fsp3) is 0.476. The normalized spacial score (nSPS) is 18.8. The number of amides is 2. The monoisotopic (exact) mass is 514 g/mol. The van der Waals surface area contributed by atoms with Crippen LogP contribution >= 0.6 is 35.6 Å². The Hall–Kier alpha value is -2.20. The second-order valence-electron chi connectivity index (χ2n) is 8.45. The number of nitrogens with one attached hydrogen (secondary N) is 2. The van der Waals surface area contributed by atoms with Crippen LogP contribution in [0.15, 0.2) is 12.3 Å². The number of hydrogen-bond acceptors (Lipinski definition) is 7. The number of fused-ring (bicyclic) bond motifs is 1. The van der Waals surface area contributed by atoms with Crippen molar-refractivity contribution in [1.29, 1.82) is 0 Å². The van der Waals surface area contributed by atoms with Gasteiger partial charge in [-0.1, -0.05) is 23.2 Å². The molecule has 2 aliphatic heterocycles. The Balaban J connectivity index is 0.00000259. The van der Waals surface area contributed by atoms with Gasteiger partial charge in [0, 0.05) is 44.0 Å². The van der Waals surface area contributed by atoms with Gasteiger partial charge in [-0.25, -0.2) is 9.78 Å². The summed E-state index contributed by atoms with van der Waals surface area (Å²) < 4.78 is 10.8. The third-order valence-electron chi connectivity index (χ3n) is 6.58. The van der Waals surface area contributed by atoms with E-state index in [-0.39, 0.29) is 46.5 Å². The highest BCUT2D eigenvalue weighted by Gasteiger charge is 2.53. The first-order valence-electron chi connectivity index (χ1n) is 10.4. The Kier molecular flexibility index (Phi) is 6.43. The van der Waals surface area contributed by atoms with Crippen molar-refractivity contribution < 1.29 is 14.3 Å². The molecule has 3 aliphatic rings. The third kappa shape index (κ3) is 3.71. The van der Waals surface area contributed by atoms with Gasteiger partial charge in [0.2, 0.25) is 5.95 Å². The first-order valence-corrected chi connectivity index (χ1v) is 11.1. The van der Waals surface area contributed by atoms with Gasteiger partial charge in [-0.3, -0.25) is 9.80 Å². The maximum absolute atomic E-state index is 13.9. The fourth-order valence-electron chi connectivity index (χ4n) is 4.80. The van der Waals surface area contributed by atoms with E-state index in [1.54, 1.807) is 29.1 Å². The number of hydrogen-bond donors (Lipinski definition) is 2. The van der Waals surface area contributed by atoms with Crippen molar-refractivity contribution in [1.82, 2.24) is 15.3 Å². The van der Waals surface area contributed by atoms with Crippen LogP contribution in [0.3, 0.4) is 0 Å². The minimum atomic E-state index is -0.232. The largest absolute Gasteiger partial charge is 0.495 e. The highest BCUT2D eigenvalue weighted by molar-refractivity contribution is 6.42. The summed E-state index contributed by atoms with van der Waals surface area (Å²) in [6.45, 7) is 2.20. The number of urea groups is 1. The fourth-order valence-corrected chi connectivity index (χ4v) is 5.50. The lowest BCUT2D eigenvalue weighted by Gasteiger charge is -2.57. The van der Waals surface area contributed by atoms with Gasteiger partial charge < -0.3 is 20.1 Å². The van der Waals surface area contributed by atoms with Crippen LogP contribution in [0, 0.1) is 5.41 Å². The topological polar surface area (TPSA) is 91.9 Å². The van der Waals surface area contributed by atoms with Crippen molar-refractivity contribution in [2.45, 2.75) is 25.4 Å². The van der Waals surface area contributed by atoms with Crippen molar-refractivity contribution in [2.24, 2.45) is 5.41 Å². The molecule has 0 bridgehead atoms. The molecule has 1 aromatic heterocycles. The standard InChI is InChI=1S/C21H24Cl2N6O3.ClH/c1-24-19-26-7-11-8-28(17-15(22)13(31-2)4-14(32-3)16(17)23)20(30)29(18(11)27-19)12-5-21(6-12)9-25-10-21;/h4,7,12,25H,5-6,8-10H2,1-3H3,(H,24,26,27);1H. The zero-order chi connectivity index (χ0) is 22.6. The molecule has 1 saturated heterocycles. The van der Waals surface area contributed by atoms with Crippen molar-refractivity contribution >= 4 is 59.1 Å². The molecule has 1 aliphatic carbocycles. The van der Waals surface area contributed by atoms with E-state index < -0.39 is 0 Å². The molecule has 1 spiro atoms. The Morgan fingerprint density at radius 3 is 2.33 bits per heavy atom. The lowest BCUT2D eigenvalue weighted by Crippen LogP contribution is -2.67. The van der Waals surface area contributed by atoms with Crippen molar-refractivity contribution in [3.05, 3.63) is 27.9 Å². The molecule has 2 aromatic rings. The Labute approximate surface area is 208 Å². The van der Waals surface area contributed by atoms with Crippen LogP contribution in [0.4, 0.5) is 22.2 Å². The van der Waals surface area contributed by atoms with Crippen LogP contribution in [0.25, 0.3) is 0 Å². The first kappa shape index (κ1) is 23.9. The summed E-state index contributed by atoms with van der Waals surface area (Å²) in [7, 11) is 4.76. The molecule has 12 heteroatoms. The number of carbonyl (C=O) groups excluding carboxylic acids is 1. The van der Waals surface area contributed by atoms with Crippen LogP contribution < -0.4 is 29.9 Å². The summed E-state index contributed by atoms with van der Waals surface area (Å²) in [6.07, 6.45) is 3.57. The second-order valence-corrected chi connectivity index (χ2v) is 9.21. The lowest BCUT2D eigenvalue weighted by atomic mass is 9.61. The van der Waals surface area contributed by atoms with Crippen molar-refractivity contribution in [3.63, 3.8) is 0 Å². The van der Waals surface area contributed by atoms with E-state index in [4.69, 9.17) is 32.7 Å². The van der Waals surface area contributed by atoms with E-state index in [2.05, 4.69) is 20.6 Å². The molecule has 0 atom stereocenters. The Bertz CT molecular complexity index is 1060. The molecule has 0 unspecified atom stereocenters. The van der Waals surface area contributed by atoms with Crippen LogP contribution in [0.5, 0.6) is 11.5 Å². The van der Waals surface area contributed by atoms with E-state index in [0.29, 0.717) is 29.0 Å². The van der Waals surface area contributed by atoms with Gasteiger partial charge in [-0.15, -0.1) is 12.4 Å². The molecule has 2 fully saturated rings. The number of nitrogens with zero attached hydrogens (tertiary/aromatic N) is 4. The Morgan fingerprint density at radius 1 is 1.18 bits per heavy atom. The average Bonchev–Trinajstić information content (AvgIpc) is 2.73. The number of halogens is 3. The van der Waals surface area contributed by atoms with E-state index in [9.17, 15) is 4.79 Å². The summed E-state index contributed by atoms with van der Waals surface area (Å²) in [6, 6.07) is 1.41. The molecular weight excluding hydrogens is 491 g/mol. The van der Waals surface area contributed by atoms with Crippen LogP contribution in [0.1, 0.15) is 18.4 Å². The number of carbonyl (C=O) groups is 1. The highest BCUT2D eigenvalue weighted by Crippen LogP contribution is 2.51. The summed E-state index contributed by atoms with van der Waals surface area (Å²) in [5.41, 5.74) is 1.44. The molecule has 178 valence electrons. The van der Waals surface area contributed by atoms with Gasteiger partial charge in [-0.2, -0.15) is 4.98 Å². The molecule has 1 saturated carbocycles. The van der Waals surface area contributed by atoms with Gasteiger partial charge >= 0.3 is 6.03 Å². The summed E-state index contributed by atoms with van der Waals surface area (Å²) in [5, 5.41) is 6.79. The average molecular weight is 516 g/mol. The molecule has 1 aromatic carbocycles. The summed E-state index contributed by atoms with van der Waals surface area (Å²) in [4.78, 5) is 26.2. The van der Waals surface area contributed by atoms with Crippen molar-refractivity contribution in [3.8, 4) is 11.5 Å². The molecule has 2 amide bonds. The third-order valence-corrected chi connectivity index (χ3v) is 7.31. The highest BCUT2D eigenvalue weighted by atomic mass is 35.5. The molecule has 5 rings (SSSR count). The summed E-state index contributed by atoms with van der Waals surface area (Å²) >= 11 is 13.3. The van der Waals surface area contributed by atoms with Crippen LogP contribution in [0.2, 0.25) is 10.0 Å². The quantitative estimate of drug-likeness (QED) is 0.623. The Morgan fingerprint density at radius 2 is 1.82 bits per heavy atom. The molecule has 0 radical (unpaired) electrons. The van der Waals surface area contributed by atoms with Crippen LogP contribution in [-0.2, 0) is 6.54 Å². The lowest BCUT2D eigenvalue weighted by molar-refractivity contribution is 0.0378. The molecule has 2 N–H and O–H groups in total. The maximum atomic E-state index is 13.9. The maximum Gasteiger partial charge on any atom is 0.330 e. The van der Waals surface area contributed by atoms with Gasteiger partial charge in [0.15, 0.2) is 0 Å². The van der Waals surface area contributed by atoms with E-state index in [0.717, 1.165) is 31.5 Å². The minimum absolute atomic E-state index is 0. The second kappa shape index (κ2) is 8.87. The first-order chi connectivity index (χ1) is 15.4. The molecule has 33 heavy (non-hydrogen) atoms. The zero-order valence-corrected chi connectivity index (χ0v) is 20.8. The van der Waals surface area contributed by atoms with E-state index >= 15 is 0 Å². The molecular formula is C21H25Cl3N6O3.